The summed E-state index contributed by atoms with van der Waals surface area (Å²) in [5, 5.41) is 11.3. The van der Waals surface area contributed by atoms with Gasteiger partial charge in [0.05, 0.1) is 5.92 Å². The Morgan fingerprint density at radius 2 is 1.95 bits per heavy atom. The normalized spacial score (nSPS) is 13.6. The molecule has 0 aromatic heterocycles. The molecule has 2 atom stereocenters. The minimum Gasteiger partial charge on any atom is -0.481 e. The highest BCUT2D eigenvalue weighted by molar-refractivity contribution is 5.78. The molecule has 0 radical (unpaired) electrons. The zero-order chi connectivity index (χ0) is 15.3. The first-order valence-electron chi connectivity index (χ1n) is 6.27. The average molecular weight is 285 g/mol. The van der Waals surface area contributed by atoms with Gasteiger partial charge in [0.1, 0.15) is 11.6 Å². The molecule has 1 rings (SSSR count). The number of aliphatic carboxylic acids is 1. The van der Waals surface area contributed by atoms with Crippen LogP contribution in [0.25, 0.3) is 0 Å². The van der Waals surface area contributed by atoms with Crippen LogP contribution in [0, 0.1) is 17.6 Å². The van der Waals surface area contributed by atoms with Crippen molar-refractivity contribution in [3.63, 3.8) is 0 Å². The van der Waals surface area contributed by atoms with E-state index in [1.54, 1.807) is 6.92 Å². The summed E-state index contributed by atoms with van der Waals surface area (Å²) in [5.74, 6) is -3.24. The van der Waals surface area contributed by atoms with Crippen molar-refractivity contribution < 1.29 is 23.5 Å². The molecule has 6 heteroatoms. The third-order valence-corrected chi connectivity index (χ3v) is 3.16. The lowest BCUT2D eigenvalue weighted by atomic mass is 10.0. The minimum atomic E-state index is -1.01. The molecule has 0 fully saturated rings. The van der Waals surface area contributed by atoms with Gasteiger partial charge in [-0.2, -0.15) is 0 Å². The Balaban J connectivity index is 2.51. The summed E-state index contributed by atoms with van der Waals surface area (Å²) in [6.07, 6.45) is 0.0284. The fourth-order valence-corrected chi connectivity index (χ4v) is 1.65. The van der Waals surface area contributed by atoms with E-state index in [0.717, 1.165) is 18.2 Å². The Hall–Kier alpha value is -1.98. The van der Waals surface area contributed by atoms with E-state index in [-0.39, 0.29) is 18.4 Å². The number of carboxylic acid groups (broad SMARTS) is 1. The summed E-state index contributed by atoms with van der Waals surface area (Å²) in [7, 11) is 0. The molecule has 1 aromatic rings. The number of halogens is 2. The summed E-state index contributed by atoms with van der Waals surface area (Å²) in [6, 6.07) is 2.54. The van der Waals surface area contributed by atoms with E-state index in [1.165, 1.54) is 6.92 Å². The number of amides is 1. The van der Waals surface area contributed by atoms with Crippen molar-refractivity contribution in [2.75, 3.05) is 0 Å². The molecule has 20 heavy (non-hydrogen) atoms. The van der Waals surface area contributed by atoms with Crippen LogP contribution in [0.1, 0.15) is 25.8 Å². The molecule has 0 bridgehead atoms. The van der Waals surface area contributed by atoms with Crippen molar-refractivity contribution in [3.8, 4) is 0 Å². The molecule has 110 valence electrons. The Morgan fingerprint density at radius 3 is 2.55 bits per heavy atom. The quantitative estimate of drug-likeness (QED) is 0.841. The molecule has 2 N–H and O–H groups in total. The predicted molar refractivity (Wildman–Crippen MR) is 69.1 cm³/mol. The van der Waals surface area contributed by atoms with Crippen molar-refractivity contribution in [1.29, 1.82) is 0 Å². The topological polar surface area (TPSA) is 66.4 Å². The molecule has 1 aromatic carbocycles. The molecule has 0 aliphatic rings. The summed E-state index contributed by atoms with van der Waals surface area (Å²) < 4.78 is 26.3. The van der Waals surface area contributed by atoms with Gasteiger partial charge in [-0.05, 0) is 44.0 Å². The average Bonchev–Trinajstić information content (AvgIpc) is 2.38. The van der Waals surface area contributed by atoms with Crippen molar-refractivity contribution in [1.82, 2.24) is 5.32 Å². The molecular formula is C14H17F2NO3. The highest BCUT2D eigenvalue weighted by Gasteiger charge is 2.20. The minimum absolute atomic E-state index is 0.0307. The largest absolute Gasteiger partial charge is 0.481 e. The van der Waals surface area contributed by atoms with Crippen LogP contribution in [0.4, 0.5) is 8.78 Å². The highest BCUT2D eigenvalue weighted by atomic mass is 19.1. The standard InChI is InChI=1S/C14H17F2NO3/c1-8(14(19)20)9(2)17-13(18)6-3-10-7-11(15)4-5-12(10)16/h4-5,7-9H,3,6H2,1-2H3,(H,17,18)(H,19,20). The lowest BCUT2D eigenvalue weighted by Crippen LogP contribution is -2.40. The van der Waals surface area contributed by atoms with Gasteiger partial charge in [0.15, 0.2) is 0 Å². The van der Waals surface area contributed by atoms with Crippen LogP contribution in [0.2, 0.25) is 0 Å². The van der Waals surface area contributed by atoms with Crippen molar-refractivity contribution in [2.24, 2.45) is 5.92 Å². The first-order valence-corrected chi connectivity index (χ1v) is 6.27. The van der Waals surface area contributed by atoms with E-state index >= 15 is 0 Å². The van der Waals surface area contributed by atoms with Crippen LogP contribution in [-0.4, -0.2) is 23.0 Å². The van der Waals surface area contributed by atoms with E-state index in [4.69, 9.17) is 5.11 Å². The molecule has 2 unspecified atom stereocenters. The third kappa shape index (κ3) is 4.60. The van der Waals surface area contributed by atoms with Gasteiger partial charge in [0, 0.05) is 12.5 Å². The predicted octanol–water partition coefficient (Wildman–Crippen LogP) is 2.12. The lowest BCUT2D eigenvalue weighted by molar-refractivity contribution is -0.142. The van der Waals surface area contributed by atoms with Crippen molar-refractivity contribution in [2.45, 2.75) is 32.7 Å². The first-order chi connectivity index (χ1) is 9.31. The van der Waals surface area contributed by atoms with Gasteiger partial charge in [0.25, 0.3) is 0 Å². The summed E-state index contributed by atoms with van der Waals surface area (Å²) >= 11 is 0. The van der Waals surface area contributed by atoms with E-state index in [1.807, 2.05) is 0 Å². The van der Waals surface area contributed by atoms with Gasteiger partial charge in [0.2, 0.25) is 5.91 Å². The first kappa shape index (κ1) is 16.1. The van der Waals surface area contributed by atoms with Crippen molar-refractivity contribution >= 4 is 11.9 Å². The summed E-state index contributed by atoms with van der Waals surface area (Å²) in [6.45, 7) is 3.07. The number of hydrogen-bond donors (Lipinski definition) is 2. The smallest absolute Gasteiger partial charge is 0.308 e. The van der Waals surface area contributed by atoms with Crippen LogP contribution in [0.3, 0.4) is 0 Å². The van der Waals surface area contributed by atoms with Gasteiger partial charge < -0.3 is 10.4 Å². The van der Waals surface area contributed by atoms with Gasteiger partial charge in [-0.25, -0.2) is 8.78 Å². The molecule has 1 amide bonds. The molecular weight excluding hydrogens is 268 g/mol. The summed E-state index contributed by atoms with van der Waals surface area (Å²) in [4.78, 5) is 22.4. The van der Waals surface area contributed by atoms with Crippen LogP contribution in [-0.2, 0) is 16.0 Å². The SMILES string of the molecule is CC(NC(=O)CCc1cc(F)ccc1F)C(C)C(=O)O. The number of nitrogens with one attached hydrogen (secondary N) is 1. The number of aryl methyl sites for hydroxylation is 1. The van der Waals surface area contributed by atoms with Gasteiger partial charge >= 0.3 is 5.97 Å². The number of carbonyl (C=O) groups excluding carboxylic acids is 1. The molecule has 0 saturated heterocycles. The Morgan fingerprint density at radius 1 is 1.30 bits per heavy atom. The van der Waals surface area contributed by atoms with Crippen LogP contribution in [0.15, 0.2) is 18.2 Å². The Labute approximate surface area is 115 Å². The molecule has 0 heterocycles. The van der Waals surface area contributed by atoms with Gasteiger partial charge in [-0.15, -0.1) is 0 Å². The zero-order valence-electron chi connectivity index (χ0n) is 11.3. The maximum atomic E-state index is 13.3. The van der Waals surface area contributed by atoms with Gasteiger partial charge in [-0.1, -0.05) is 0 Å². The van der Waals surface area contributed by atoms with Crippen LogP contribution < -0.4 is 5.32 Å². The second-order valence-corrected chi connectivity index (χ2v) is 4.72. The number of hydrogen-bond acceptors (Lipinski definition) is 2. The van der Waals surface area contributed by atoms with Crippen LogP contribution in [0.5, 0.6) is 0 Å². The number of rotatable bonds is 6. The van der Waals surface area contributed by atoms with E-state index in [0.29, 0.717) is 0 Å². The fraction of sp³-hybridized carbons (Fsp3) is 0.429. The number of carbonyl (C=O) groups is 2. The highest BCUT2D eigenvalue weighted by Crippen LogP contribution is 2.12. The Kier molecular flexibility index (Phi) is 5.61. The van der Waals surface area contributed by atoms with Crippen LogP contribution >= 0.6 is 0 Å². The second kappa shape index (κ2) is 6.98. The molecule has 0 aliphatic carbocycles. The zero-order valence-corrected chi connectivity index (χ0v) is 11.3. The molecule has 0 aliphatic heterocycles. The number of carboxylic acids is 1. The van der Waals surface area contributed by atoms with E-state index < -0.39 is 35.5 Å². The lowest BCUT2D eigenvalue weighted by Gasteiger charge is -2.17. The van der Waals surface area contributed by atoms with Crippen molar-refractivity contribution in [3.05, 3.63) is 35.4 Å². The molecule has 4 nitrogen and oxygen atoms in total. The van der Waals surface area contributed by atoms with E-state index in [2.05, 4.69) is 5.32 Å². The second-order valence-electron chi connectivity index (χ2n) is 4.72. The fourth-order valence-electron chi connectivity index (χ4n) is 1.65. The summed E-state index contributed by atoms with van der Waals surface area (Å²) in [5.41, 5.74) is 0.124. The monoisotopic (exact) mass is 285 g/mol. The molecule has 0 saturated carbocycles. The molecule has 0 spiro atoms. The van der Waals surface area contributed by atoms with E-state index in [9.17, 15) is 18.4 Å². The Bertz CT molecular complexity index is 505. The maximum absolute atomic E-state index is 13.3. The van der Waals surface area contributed by atoms with Gasteiger partial charge in [-0.3, -0.25) is 9.59 Å². The third-order valence-electron chi connectivity index (χ3n) is 3.16. The maximum Gasteiger partial charge on any atom is 0.308 e. The number of benzene rings is 1.